The van der Waals surface area contributed by atoms with Gasteiger partial charge in [0.25, 0.3) is 0 Å². The summed E-state index contributed by atoms with van der Waals surface area (Å²) in [6, 6.07) is 10.3. The molecule has 0 bridgehead atoms. The highest BCUT2D eigenvalue weighted by atomic mass is 32.2. The summed E-state index contributed by atoms with van der Waals surface area (Å²) in [5.74, 6) is -0.140. The molecule has 0 radical (unpaired) electrons. The molecule has 24 heavy (non-hydrogen) atoms. The first-order valence-corrected chi connectivity index (χ1v) is 8.57. The fraction of sp³-hybridized carbons (Fsp3) is 0.353. The number of rotatable bonds is 9. The number of benzene rings is 1. The van der Waals surface area contributed by atoms with Gasteiger partial charge in [-0.2, -0.15) is 0 Å². The van der Waals surface area contributed by atoms with E-state index in [0.717, 1.165) is 10.6 Å². The molecule has 1 atom stereocenters. The average molecular weight is 351 g/mol. The van der Waals surface area contributed by atoms with Crippen molar-refractivity contribution in [3.8, 4) is 17.5 Å². The monoisotopic (exact) mass is 351 g/mol. The van der Waals surface area contributed by atoms with Gasteiger partial charge in [0, 0.05) is 29.3 Å². The van der Waals surface area contributed by atoms with E-state index in [9.17, 15) is 20.1 Å². The van der Waals surface area contributed by atoms with Gasteiger partial charge in [-0.25, -0.2) is 0 Å². The maximum absolute atomic E-state index is 11.4. The summed E-state index contributed by atoms with van der Waals surface area (Å²) in [4.78, 5) is 12.4. The Kier molecular flexibility index (Phi) is 6.43. The molecule has 0 aliphatic heterocycles. The van der Waals surface area contributed by atoms with Gasteiger partial charge in [0.15, 0.2) is 11.8 Å². The molecule has 1 aromatic carbocycles. The molecule has 130 valence electrons. The van der Waals surface area contributed by atoms with Crippen LogP contribution in [0.15, 0.2) is 41.3 Å². The van der Waals surface area contributed by atoms with Crippen LogP contribution < -0.4 is 4.74 Å². The minimum absolute atomic E-state index is 0.0213. The first-order valence-electron chi connectivity index (χ1n) is 7.58. The number of methoxy groups -OCH3 is 1. The Hall–Kier alpha value is -2.28. The zero-order valence-corrected chi connectivity index (χ0v) is 14.2. The maximum atomic E-state index is 11.4. The third-order valence-corrected chi connectivity index (χ3v) is 4.90. The van der Waals surface area contributed by atoms with E-state index in [4.69, 9.17) is 4.74 Å². The first kappa shape index (κ1) is 18.1. The Balaban J connectivity index is 1.84. The van der Waals surface area contributed by atoms with Crippen LogP contribution >= 0.6 is 11.8 Å². The summed E-state index contributed by atoms with van der Waals surface area (Å²) in [6.45, 7) is 0.377. The Labute approximate surface area is 144 Å². The summed E-state index contributed by atoms with van der Waals surface area (Å²) in [7, 11) is 1.60. The quantitative estimate of drug-likeness (QED) is 0.601. The SMILES string of the molecule is COc1ccc(SCC(CCCn2c(O)ccc2O)C(=O)O)cc1. The predicted octanol–water partition coefficient (Wildman–Crippen LogP) is 3.18. The standard InChI is InChI=1S/C17H21NO5S/c1-23-13-4-6-14(7-5-13)24-11-12(17(21)22)3-2-10-18-15(19)8-9-16(18)20/h4-9,12,19-20H,2-3,10-11H2,1H3,(H,21,22). The van der Waals surface area contributed by atoms with E-state index in [1.54, 1.807) is 7.11 Å². The van der Waals surface area contributed by atoms with Crippen molar-refractivity contribution in [1.82, 2.24) is 4.57 Å². The molecule has 1 aromatic heterocycles. The minimum Gasteiger partial charge on any atom is -0.497 e. The zero-order valence-electron chi connectivity index (χ0n) is 13.4. The summed E-state index contributed by atoms with van der Waals surface area (Å²) in [6.07, 6.45) is 1.02. The van der Waals surface area contributed by atoms with Crippen LogP contribution in [0.1, 0.15) is 12.8 Å². The highest BCUT2D eigenvalue weighted by Gasteiger charge is 2.18. The lowest BCUT2D eigenvalue weighted by Gasteiger charge is -2.13. The van der Waals surface area contributed by atoms with Crippen molar-refractivity contribution in [2.24, 2.45) is 5.92 Å². The van der Waals surface area contributed by atoms with E-state index in [1.807, 2.05) is 24.3 Å². The van der Waals surface area contributed by atoms with Gasteiger partial charge in [-0.1, -0.05) is 0 Å². The molecule has 7 heteroatoms. The smallest absolute Gasteiger partial charge is 0.307 e. The topological polar surface area (TPSA) is 91.9 Å². The fourth-order valence-corrected chi connectivity index (χ4v) is 3.35. The van der Waals surface area contributed by atoms with Gasteiger partial charge in [-0.15, -0.1) is 11.8 Å². The number of carboxylic acid groups (broad SMARTS) is 1. The number of aromatic hydroxyl groups is 2. The van der Waals surface area contributed by atoms with Gasteiger partial charge in [0.1, 0.15) is 5.75 Å². The molecular formula is C17H21NO5S. The van der Waals surface area contributed by atoms with Crippen LogP contribution in [-0.4, -0.2) is 38.7 Å². The number of aliphatic carboxylic acids is 1. The van der Waals surface area contributed by atoms with E-state index in [2.05, 4.69) is 0 Å². The molecule has 6 nitrogen and oxygen atoms in total. The largest absolute Gasteiger partial charge is 0.497 e. The highest BCUT2D eigenvalue weighted by Crippen LogP contribution is 2.26. The Morgan fingerprint density at radius 2 is 1.79 bits per heavy atom. The normalized spacial score (nSPS) is 12.0. The molecule has 0 saturated heterocycles. The van der Waals surface area contributed by atoms with E-state index in [-0.39, 0.29) is 11.8 Å². The van der Waals surface area contributed by atoms with Crippen molar-refractivity contribution in [2.75, 3.05) is 12.9 Å². The molecule has 0 spiro atoms. The molecule has 2 aromatic rings. The molecule has 2 rings (SSSR count). The van der Waals surface area contributed by atoms with Crippen molar-refractivity contribution in [1.29, 1.82) is 0 Å². The highest BCUT2D eigenvalue weighted by molar-refractivity contribution is 7.99. The van der Waals surface area contributed by atoms with Gasteiger partial charge in [-0.05, 0) is 37.1 Å². The number of carbonyl (C=O) groups is 1. The molecule has 3 N–H and O–H groups in total. The summed E-state index contributed by atoms with van der Waals surface area (Å²) < 4.78 is 6.45. The predicted molar refractivity (Wildman–Crippen MR) is 91.8 cm³/mol. The van der Waals surface area contributed by atoms with Gasteiger partial charge < -0.3 is 20.1 Å². The number of nitrogens with zero attached hydrogens (tertiary/aromatic N) is 1. The molecule has 0 saturated carbocycles. The van der Waals surface area contributed by atoms with E-state index >= 15 is 0 Å². The molecule has 0 amide bonds. The van der Waals surface area contributed by atoms with Crippen LogP contribution in [0.5, 0.6) is 17.5 Å². The lowest BCUT2D eigenvalue weighted by atomic mass is 10.1. The van der Waals surface area contributed by atoms with Crippen molar-refractivity contribution in [2.45, 2.75) is 24.3 Å². The van der Waals surface area contributed by atoms with Gasteiger partial charge >= 0.3 is 5.97 Å². The van der Waals surface area contributed by atoms with Gasteiger partial charge in [0.05, 0.1) is 13.0 Å². The third-order valence-electron chi connectivity index (χ3n) is 3.73. The molecule has 0 aliphatic rings. The summed E-state index contributed by atoms with van der Waals surface area (Å²) >= 11 is 1.49. The van der Waals surface area contributed by atoms with Crippen molar-refractivity contribution >= 4 is 17.7 Å². The summed E-state index contributed by atoms with van der Waals surface area (Å²) in [5, 5.41) is 28.5. The average Bonchev–Trinajstić information content (AvgIpc) is 2.89. The Bertz CT molecular complexity index is 649. The number of carboxylic acids is 1. The fourth-order valence-electron chi connectivity index (χ4n) is 2.32. The van der Waals surface area contributed by atoms with Crippen molar-refractivity contribution < 1.29 is 24.9 Å². The minimum atomic E-state index is -0.836. The number of aromatic nitrogens is 1. The first-order chi connectivity index (χ1) is 11.5. The van der Waals surface area contributed by atoms with E-state index < -0.39 is 11.9 Å². The van der Waals surface area contributed by atoms with Crippen LogP contribution in [0.25, 0.3) is 0 Å². The van der Waals surface area contributed by atoms with Gasteiger partial charge in [-0.3, -0.25) is 9.36 Å². The zero-order chi connectivity index (χ0) is 17.5. The second kappa shape index (κ2) is 8.54. The van der Waals surface area contributed by atoms with Gasteiger partial charge in [0.2, 0.25) is 0 Å². The van der Waals surface area contributed by atoms with Crippen LogP contribution in [-0.2, 0) is 11.3 Å². The van der Waals surface area contributed by atoms with Crippen molar-refractivity contribution in [3.63, 3.8) is 0 Å². The lowest BCUT2D eigenvalue weighted by molar-refractivity contribution is -0.141. The van der Waals surface area contributed by atoms with Crippen LogP contribution in [0.3, 0.4) is 0 Å². The van der Waals surface area contributed by atoms with Crippen molar-refractivity contribution in [3.05, 3.63) is 36.4 Å². The second-order valence-electron chi connectivity index (χ2n) is 5.37. The molecule has 0 aliphatic carbocycles. The Morgan fingerprint density at radius 1 is 1.17 bits per heavy atom. The van der Waals surface area contributed by atoms with E-state index in [1.165, 1.54) is 28.5 Å². The summed E-state index contributed by atoms with van der Waals surface area (Å²) in [5.41, 5.74) is 0. The molecule has 1 heterocycles. The third kappa shape index (κ3) is 4.86. The second-order valence-corrected chi connectivity index (χ2v) is 6.46. The Morgan fingerprint density at radius 3 is 2.33 bits per heavy atom. The lowest BCUT2D eigenvalue weighted by Crippen LogP contribution is -2.17. The van der Waals surface area contributed by atoms with Crippen LogP contribution in [0, 0.1) is 5.92 Å². The van der Waals surface area contributed by atoms with E-state index in [0.29, 0.717) is 25.1 Å². The number of ether oxygens (including phenoxy) is 1. The molecule has 1 unspecified atom stereocenters. The number of hydrogen-bond donors (Lipinski definition) is 3. The molecular weight excluding hydrogens is 330 g/mol. The number of hydrogen-bond acceptors (Lipinski definition) is 5. The number of thioether (sulfide) groups is 1. The molecule has 0 fully saturated rings. The van der Waals surface area contributed by atoms with Crippen LogP contribution in [0.4, 0.5) is 0 Å². The van der Waals surface area contributed by atoms with Crippen LogP contribution in [0.2, 0.25) is 0 Å². The maximum Gasteiger partial charge on any atom is 0.307 e.